The number of carbonyl (C=O) groups is 3. The van der Waals surface area contributed by atoms with Gasteiger partial charge in [-0.25, -0.2) is 9.78 Å². The number of urea groups is 1. The molecule has 0 spiro atoms. The first kappa shape index (κ1) is 23.7. The number of hydrogen-bond donors (Lipinski definition) is 4. The number of anilines is 2. The zero-order valence-electron chi connectivity index (χ0n) is 17.6. The van der Waals surface area contributed by atoms with Crippen molar-refractivity contribution in [2.24, 2.45) is 0 Å². The van der Waals surface area contributed by atoms with Crippen molar-refractivity contribution < 1.29 is 14.4 Å². The number of amides is 4. The van der Waals surface area contributed by atoms with E-state index in [2.05, 4.69) is 20.9 Å². The van der Waals surface area contributed by atoms with E-state index in [1.165, 1.54) is 6.07 Å². The summed E-state index contributed by atoms with van der Waals surface area (Å²) in [5.41, 5.74) is 6.16. The Balaban J connectivity index is 2.14. The van der Waals surface area contributed by atoms with Crippen LogP contribution in [0.4, 0.5) is 16.3 Å². The molecule has 10 heteroatoms. The highest BCUT2D eigenvalue weighted by molar-refractivity contribution is 8.00. The number of thioether (sulfide) groups is 1. The first-order valence-corrected chi connectivity index (χ1v) is 10.2. The number of para-hydroxylation sites is 1. The average Bonchev–Trinajstić information content (AvgIpc) is 2.67. The molecule has 1 heterocycles. The predicted octanol–water partition coefficient (Wildman–Crippen LogP) is 2.89. The van der Waals surface area contributed by atoms with Gasteiger partial charge in [0, 0.05) is 11.2 Å². The molecule has 0 saturated carbocycles. The maximum absolute atomic E-state index is 12.5. The van der Waals surface area contributed by atoms with Crippen LogP contribution in [0, 0.1) is 11.3 Å². The Labute approximate surface area is 184 Å². The summed E-state index contributed by atoms with van der Waals surface area (Å²) in [6, 6.07) is 11.5. The van der Waals surface area contributed by atoms with Gasteiger partial charge in [-0.3, -0.25) is 14.9 Å². The lowest BCUT2D eigenvalue weighted by Gasteiger charge is -2.21. The molecule has 31 heavy (non-hydrogen) atoms. The molecule has 1 unspecified atom stereocenters. The number of benzene rings is 1. The standard InChI is InChI=1S/C21H24N6O3S/c1-12(17(28)26-20(30)27-21(2,3)4)31-19-13(11-22)10-15(16(23)25-19)18(29)24-14-8-6-5-7-9-14/h5-10,12H,1-4H3,(H2,23,25)(H,24,29)(H2,26,27,28,30). The van der Waals surface area contributed by atoms with Crippen LogP contribution < -0.4 is 21.7 Å². The second-order valence-corrected chi connectivity index (χ2v) is 8.99. The lowest BCUT2D eigenvalue weighted by atomic mass is 10.1. The van der Waals surface area contributed by atoms with Crippen LogP contribution in [0.15, 0.2) is 41.4 Å². The third-order valence-electron chi connectivity index (χ3n) is 3.80. The van der Waals surface area contributed by atoms with E-state index in [1.807, 2.05) is 12.1 Å². The van der Waals surface area contributed by atoms with Gasteiger partial charge in [-0.15, -0.1) is 0 Å². The van der Waals surface area contributed by atoms with E-state index < -0.39 is 28.6 Å². The summed E-state index contributed by atoms with van der Waals surface area (Å²) in [5, 5.41) is 16.5. The summed E-state index contributed by atoms with van der Waals surface area (Å²) >= 11 is 0.964. The SMILES string of the molecule is CC(Sc1nc(N)c(C(=O)Nc2ccccc2)cc1C#N)C(=O)NC(=O)NC(C)(C)C. The van der Waals surface area contributed by atoms with Crippen LogP contribution in [0.5, 0.6) is 0 Å². The molecule has 2 aromatic rings. The molecule has 2 rings (SSSR count). The van der Waals surface area contributed by atoms with Gasteiger partial charge in [-0.2, -0.15) is 5.26 Å². The van der Waals surface area contributed by atoms with Crippen molar-refractivity contribution in [3.8, 4) is 6.07 Å². The van der Waals surface area contributed by atoms with E-state index in [4.69, 9.17) is 5.73 Å². The smallest absolute Gasteiger partial charge is 0.321 e. The highest BCUT2D eigenvalue weighted by atomic mass is 32.2. The molecule has 9 nitrogen and oxygen atoms in total. The fourth-order valence-electron chi connectivity index (χ4n) is 2.39. The van der Waals surface area contributed by atoms with Gasteiger partial charge in [0.15, 0.2) is 0 Å². The summed E-state index contributed by atoms with van der Waals surface area (Å²) in [7, 11) is 0. The van der Waals surface area contributed by atoms with Crippen molar-refractivity contribution in [1.29, 1.82) is 5.26 Å². The number of pyridine rings is 1. The quantitative estimate of drug-likeness (QED) is 0.522. The van der Waals surface area contributed by atoms with Crippen LogP contribution in [0.2, 0.25) is 0 Å². The average molecular weight is 441 g/mol. The molecular weight excluding hydrogens is 416 g/mol. The molecule has 0 fully saturated rings. The number of nitrogen functional groups attached to an aromatic ring is 1. The zero-order valence-corrected chi connectivity index (χ0v) is 18.5. The number of nitrogens with zero attached hydrogens (tertiary/aromatic N) is 2. The summed E-state index contributed by atoms with van der Waals surface area (Å²) in [6.07, 6.45) is 0. The lowest BCUT2D eigenvalue weighted by Crippen LogP contribution is -2.49. The summed E-state index contributed by atoms with van der Waals surface area (Å²) in [4.78, 5) is 40.9. The minimum Gasteiger partial charge on any atom is -0.383 e. The van der Waals surface area contributed by atoms with Gasteiger partial charge in [-0.1, -0.05) is 30.0 Å². The van der Waals surface area contributed by atoms with E-state index in [9.17, 15) is 19.6 Å². The van der Waals surface area contributed by atoms with Gasteiger partial charge in [0.1, 0.15) is 16.9 Å². The Morgan fingerprint density at radius 1 is 1.19 bits per heavy atom. The predicted molar refractivity (Wildman–Crippen MR) is 120 cm³/mol. The van der Waals surface area contributed by atoms with E-state index in [-0.39, 0.29) is 22.0 Å². The Hall–Kier alpha value is -3.58. The topological polar surface area (TPSA) is 150 Å². The molecule has 0 saturated heterocycles. The number of carbonyl (C=O) groups excluding carboxylic acids is 3. The van der Waals surface area contributed by atoms with Crippen molar-refractivity contribution in [3.05, 3.63) is 47.5 Å². The molecule has 1 aromatic carbocycles. The largest absolute Gasteiger partial charge is 0.383 e. The van der Waals surface area contributed by atoms with E-state index >= 15 is 0 Å². The molecule has 0 aliphatic heterocycles. The molecule has 0 aliphatic carbocycles. The fraction of sp³-hybridized carbons (Fsp3) is 0.286. The second kappa shape index (κ2) is 9.95. The zero-order chi connectivity index (χ0) is 23.2. The molecular formula is C21H24N6O3S. The van der Waals surface area contributed by atoms with Gasteiger partial charge < -0.3 is 16.4 Å². The Morgan fingerprint density at radius 3 is 2.42 bits per heavy atom. The van der Waals surface area contributed by atoms with Gasteiger partial charge >= 0.3 is 6.03 Å². The number of nitriles is 1. The summed E-state index contributed by atoms with van der Waals surface area (Å²) < 4.78 is 0. The molecule has 0 radical (unpaired) electrons. The van der Waals surface area contributed by atoms with Crippen LogP contribution in [0.3, 0.4) is 0 Å². The van der Waals surface area contributed by atoms with Crippen molar-refractivity contribution >= 4 is 41.1 Å². The second-order valence-electron chi connectivity index (χ2n) is 7.66. The number of hydrogen-bond acceptors (Lipinski definition) is 7. The normalized spacial score (nSPS) is 11.7. The van der Waals surface area contributed by atoms with Gasteiger partial charge in [-0.05, 0) is 45.9 Å². The van der Waals surface area contributed by atoms with Crippen molar-refractivity contribution in [3.63, 3.8) is 0 Å². The van der Waals surface area contributed by atoms with Crippen molar-refractivity contribution in [2.75, 3.05) is 11.1 Å². The Bertz CT molecular complexity index is 1030. The number of nitrogens with one attached hydrogen (secondary N) is 3. The number of rotatable bonds is 5. The van der Waals surface area contributed by atoms with Crippen LogP contribution in [0.1, 0.15) is 43.6 Å². The van der Waals surface area contributed by atoms with Gasteiger partial charge in [0.2, 0.25) is 5.91 Å². The number of imide groups is 1. The molecule has 1 atom stereocenters. The number of nitrogens with two attached hydrogens (primary N) is 1. The minimum atomic E-state index is -0.742. The Morgan fingerprint density at radius 2 is 1.84 bits per heavy atom. The minimum absolute atomic E-state index is 0.0476. The van der Waals surface area contributed by atoms with Crippen LogP contribution >= 0.6 is 11.8 Å². The third-order valence-corrected chi connectivity index (χ3v) is 4.90. The van der Waals surface area contributed by atoms with Crippen LogP contribution in [-0.4, -0.2) is 33.6 Å². The highest BCUT2D eigenvalue weighted by Crippen LogP contribution is 2.28. The Kier molecular flexibility index (Phi) is 7.61. The van der Waals surface area contributed by atoms with Crippen molar-refractivity contribution in [1.82, 2.24) is 15.6 Å². The molecule has 0 bridgehead atoms. The summed E-state index contributed by atoms with van der Waals surface area (Å²) in [6.45, 7) is 6.93. The highest BCUT2D eigenvalue weighted by Gasteiger charge is 2.23. The molecule has 1 aromatic heterocycles. The van der Waals surface area contributed by atoms with Crippen LogP contribution in [-0.2, 0) is 4.79 Å². The third kappa shape index (κ3) is 7.01. The number of aromatic nitrogens is 1. The fourth-order valence-corrected chi connectivity index (χ4v) is 3.27. The summed E-state index contributed by atoms with van der Waals surface area (Å²) in [5.74, 6) is -1.14. The van der Waals surface area contributed by atoms with E-state index in [0.717, 1.165) is 11.8 Å². The van der Waals surface area contributed by atoms with E-state index in [0.29, 0.717) is 5.69 Å². The molecule has 162 valence electrons. The monoisotopic (exact) mass is 440 g/mol. The maximum Gasteiger partial charge on any atom is 0.321 e. The molecule has 5 N–H and O–H groups in total. The van der Waals surface area contributed by atoms with Gasteiger partial charge in [0.25, 0.3) is 5.91 Å². The first-order valence-electron chi connectivity index (χ1n) is 9.37. The lowest BCUT2D eigenvalue weighted by molar-refractivity contribution is -0.119. The first-order chi connectivity index (χ1) is 14.5. The van der Waals surface area contributed by atoms with Gasteiger partial charge in [0.05, 0.1) is 16.4 Å². The maximum atomic E-state index is 12.5. The van der Waals surface area contributed by atoms with Crippen molar-refractivity contribution in [2.45, 2.75) is 43.5 Å². The molecule has 0 aliphatic rings. The van der Waals surface area contributed by atoms with Crippen LogP contribution in [0.25, 0.3) is 0 Å². The molecule has 4 amide bonds. The van der Waals surface area contributed by atoms with E-state index in [1.54, 1.807) is 52.0 Å².